The van der Waals surface area contributed by atoms with Crippen LogP contribution < -0.4 is 4.90 Å². The van der Waals surface area contributed by atoms with Gasteiger partial charge >= 0.3 is 0 Å². The lowest BCUT2D eigenvalue weighted by Crippen LogP contribution is -2.45. The molecule has 0 radical (unpaired) electrons. The first-order valence-electron chi connectivity index (χ1n) is 11.5. The molecule has 0 spiro atoms. The number of methoxy groups -OCH3 is 1. The van der Waals surface area contributed by atoms with Crippen molar-refractivity contribution < 1.29 is 9.53 Å². The van der Waals surface area contributed by atoms with Crippen molar-refractivity contribution in [3.05, 3.63) is 64.6 Å². The highest BCUT2D eigenvalue weighted by Crippen LogP contribution is 2.43. The van der Waals surface area contributed by atoms with E-state index in [1.54, 1.807) is 12.0 Å². The Morgan fingerprint density at radius 3 is 2.70 bits per heavy atom. The third-order valence-corrected chi connectivity index (χ3v) is 7.56. The van der Waals surface area contributed by atoms with Crippen molar-refractivity contribution >= 4 is 40.3 Å². The number of aliphatic imine (C=N–C) groups is 1. The van der Waals surface area contributed by atoms with Crippen molar-refractivity contribution in [2.45, 2.75) is 45.1 Å². The molecule has 33 heavy (non-hydrogen) atoms. The van der Waals surface area contributed by atoms with Crippen LogP contribution in [-0.4, -0.2) is 48.8 Å². The molecule has 2 aliphatic heterocycles. The molecule has 0 aliphatic carbocycles. The number of thioether (sulfide) groups is 1. The van der Waals surface area contributed by atoms with Gasteiger partial charge in [-0.2, -0.15) is 0 Å². The summed E-state index contributed by atoms with van der Waals surface area (Å²) in [6, 6.07) is 16.3. The fourth-order valence-corrected chi connectivity index (χ4v) is 5.63. The van der Waals surface area contributed by atoms with Gasteiger partial charge in [-0.05, 0) is 85.8 Å². The van der Waals surface area contributed by atoms with E-state index in [4.69, 9.17) is 9.73 Å². The Balaban J connectivity index is 1.64. The summed E-state index contributed by atoms with van der Waals surface area (Å²) in [6.45, 7) is 8.08. The minimum absolute atomic E-state index is 0.00908. The van der Waals surface area contributed by atoms with Crippen molar-refractivity contribution in [2.24, 2.45) is 4.99 Å². The molecule has 2 heterocycles. The van der Waals surface area contributed by atoms with Gasteiger partial charge in [0.25, 0.3) is 5.91 Å². The van der Waals surface area contributed by atoms with Crippen LogP contribution in [0.25, 0.3) is 6.08 Å². The summed E-state index contributed by atoms with van der Waals surface area (Å²) in [7, 11) is 3.85. The number of carbonyl (C=O) groups is 1. The van der Waals surface area contributed by atoms with Crippen molar-refractivity contribution in [3.8, 4) is 0 Å². The van der Waals surface area contributed by atoms with Crippen LogP contribution in [0.15, 0.2) is 58.4 Å². The first-order valence-corrected chi connectivity index (χ1v) is 12.3. The number of hydrogen-bond acceptors (Lipinski definition) is 5. The van der Waals surface area contributed by atoms with Crippen LogP contribution in [0.1, 0.15) is 50.7 Å². The Bertz CT molecular complexity index is 1080. The molecule has 0 unspecified atom stereocenters. The molecule has 4 rings (SSSR count). The van der Waals surface area contributed by atoms with Gasteiger partial charge in [-0.25, -0.2) is 4.99 Å². The number of nitrogens with zero attached hydrogens (tertiary/aromatic N) is 3. The number of carbonyl (C=O) groups excluding carboxylic acids is 1. The SMILES string of the molecule is COCCCN1C(=O)/C(=C/c2ccc3c(c2)[C@H](C)CC(C)(C)N3C)SC1=Nc1ccccc1. The zero-order chi connectivity index (χ0) is 23.6. The second-order valence-corrected chi connectivity index (χ2v) is 10.4. The van der Waals surface area contributed by atoms with Crippen molar-refractivity contribution in [1.82, 2.24) is 4.90 Å². The number of hydrogen-bond donors (Lipinski definition) is 0. The number of ether oxygens (including phenoxy) is 1. The van der Waals surface area contributed by atoms with E-state index in [2.05, 4.69) is 50.9 Å². The van der Waals surface area contributed by atoms with E-state index in [1.807, 2.05) is 36.4 Å². The average Bonchev–Trinajstić information content (AvgIpc) is 3.07. The van der Waals surface area contributed by atoms with E-state index in [0.717, 1.165) is 29.3 Å². The van der Waals surface area contributed by atoms with Crippen LogP contribution in [-0.2, 0) is 9.53 Å². The molecule has 1 atom stereocenters. The van der Waals surface area contributed by atoms with E-state index in [-0.39, 0.29) is 11.4 Å². The molecular formula is C27H33N3O2S. The molecule has 2 aliphatic rings. The summed E-state index contributed by atoms with van der Waals surface area (Å²) in [5, 5.41) is 0.723. The fraction of sp³-hybridized carbons (Fsp3) is 0.407. The smallest absolute Gasteiger partial charge is 0.266 e. The topological polar surface area (TPSA) is 45.1 Å². The summed E-state index contributed by atoms with van der Waals surface area (Å²) < 4.78 is 5.20. The standard InChI is InChI=1S/C27H33N3O2S/c1-19-18-27(2,3)29(4)23-13-12-20(16-22(19)23)17-24-25(31)30(14-9-15-32-5)26(33-24)28-21-10-7-6-8-11-21/h6-8,10-13,16-17,19H,9,14-15,18H2,1-5H3/b24-17-,28-26?/t19-/m1/s1. The monoisotopic (exact) mass is 463 g/mol. The lowest BCUT2D eigenvalue weighted by atomic mass is 9.80. The number of para-hydroxylation sites is 1. The first kappa shape index (κ1) is 23.6. The van der Waals surface area contributed by atoms with Gasteiger partial charge in [0.1, 0.15) is 0 Å². The van der Waals surface area contributed by atoms with E-state index < -0.39 is 0 Å². The van der Waals surface area contributed by atoms with Gasteiger partial charge in [-0.1, -0.05) is 31.2 Å². The van der Waals surface area contributed by atoms with Gasteiger partial charge in [0.05, 0.1) is 10.6 Å². The van der Waals surface area contributed by atoms with Crippen LogP contribution >= 0.6 is 11.8 Å². The number of fused-ring (bicyclic) bond motifs is 1. The third-order valence-electron chi connectivity index (χ3n) is 6.55. The Morgan fingerprint density at radius 2 is 1.97 bits per heavy atom. The molecule has 0 saturated carbocycles. The van der Waals surface area contributed by atoms with Crippen LogP contribution in [0.2, 0.25) is 0 Å². The number of rotatable bonds is 6. The molecule has 174 valence electrons. The number of amides is 1. The maximum atomic E-state index is 13.3. The molecule has 0 aromatic heterocycles. The molecule has 1 fully saturated rings. The third kappa shape index (κ3) is 5.02. The van der Waals surface area contributed by atoms with Gasteiger partial charge in [0.15, 0.2) is 5.17 Å². The van der Waals surface area contributed by atoms with Gasteiger partial charge in [0.2, 0.25) is 0 Å². The molecule has 2 aromatic rings. The van der Waals surface area contributed by atoms with Crippen LogP contribution in [0.3, 0.4) is 0 Å². The maximum absolute atomic E-state index is 13.3. The highest BCUT2D eigenvalue weighted by atomic mass is 32.2. The maximum Gasteiger partial charge on any atom is 0.266 e. The highest BCUT2D eigenvalue weighted by Gasteiger charge is 2.35. The van der Waals surface area contributed by atoms with Gasteiger partial charge in [-0.15, -0.1) is 0 Å². The second kappa shape index (κ2) is 9.74. The van der Waals surface area contributed by atoms with Crippen molar-refractivity contribution in [2.75, 3.05) is 32.2 Å². The van der Waals surface area contributed by atoms with Crippen molar-refractivity contribution in [3.63, 3.8) is 0 Å². The van der Waals surface area contributed by atoms with Crippen LogP contribution in [0.4, 0.5) is 11.4 Å². The van der Waals surface area contributed by atoms with Gasteiger partial charge in [0, 0.05) is 38.5 Å². The van der Waals surface area contributed by atoms with Gasteiger partial charge < -0.3 is 9.64 Å². The Hall–Kier alpha value is -2.57. The highest BCUT2D eigenvalue weighted by molar-refractivity contribution is 8.18. The van der Waals surface area contributed by atoms with E-state index in [9.17, 15) is 4.79 Å². The van der Waals surface area contributed by atoms with Crippen LogP contribution in [0, 0.1) is 0 Å². The van der Waals surface area contributed by atoms with Gasteiger partial charge in [-0.3, -0.25) is 9.69 Å². The number of benzene rings is 2. The predicted molar refractivity (Wildman–Crippen MR) is 139 cm³/mol. The Labute approximate surface area is 201 Å². The Kier molecular flexibility index (Phi) is 6.96. The minimum Gasteiger partial charge on any atom is -0.385 e. The summed E-state index contributed by atoms with van der Waals surface area (Å²) in [5.74, 6) is 0.479. The molecular weight excluding hydrogens is 430 g/mol. The molecule has 0 bridgehead atoms. The molecule has 1 saturated heterocycles. The first-order chi connectivity index (χ1) is 15.8. The molecule has 2 aromatic carbocycles. The lowest BCUT2D eigenvalue weighted by Gasteiger charge is -2.45. The molecule has 0 N–H and O–H groups in total. The van der Waals surface area contributed by atoms with E-state index in [0.29, 0.717) is 24.0 Å². The number of amidine groups is 1. The zero-order valence-corrected chi connectivity index (χ0v) is 21.0. The molecule has 1 amide bonds. The average molecular weight is 464 g/mol. The lowest BCUT2D eigenvalue weighted by molar-refractivity contribution is -0.122. The summed E-state index contributed by atoms with van der Waals surface area (Å²) >= 11 is 1.45. The van der Waals surface area contributed by atoms with E-state index in [1.165, 1.54) is 23.0 Å². The summed E-state index contributed by atoms with van der Waals surface area (Å²) in [6.07, 6.45) is 3.88. The van der Waals surface area contributed by atoms with E-state index >= 15 is 0 Å². The quantitative estimate of drug-likeness (QED) is 0.386. The Morgan fingerprint density at radius 1 is 1.21 bits per heavy atom. The fourth-order valence-electron chi connectivity index (χ4n) is 4.61. The molecule has 6 heteroatoms. The second-order valence-electron chi connectivity index (χ2n) is 9.44. The normalized spacial score (nSPS) is 22.3. The minimum atomic E-state index is 0.00908. The predicted octanol–water partition coefficient (Wildman–Crippen LogP) is 6.05. The largest absolute Gasteiger partial charge is 0.385 e. The number of anilines is 1. The zero-order valence-electron chi connectivity index (χ0n) is 20.2. The summed E-state index contributed by atoms with van der Waals surface area (Å²) in [5.41, 5.74) is 4.66. The van der Waals surface area contributed by atoms with Crippen molar-refractivity contribution in [1.29, 1.82) is 0 Å². The molecule has 5 nitrogen and oxygen atoms in total. The van der Waals surface area contributed by atoms with Crippen LogP contribution in [0.5, 0.6) is 0 Å². The summed E-state index contributed by atoms with van der Waals surface area (Å²) in [4.78, 5) is 22.9.